The number of nitrogens with zero attached hydrogens (tertiary/aromatic N) is 2. The molecule has 0 saturated carbocycles. The first-order valence-corrected chi connectivity index (χ1v) is 8.80. The Labute approximate surface area is 128 Å². The van der Waals surface area contributed by atoms with Crippen LogP contribution in [0.1, 0.15) is 44.9 Å². The zero-order valence-electron chi connectivity index (χ0n) is 13.4. The number of ether oxygens (including phenoxy) is 1. The van der Waals surface area contributed by atoms with Gasteiger partial charge in [0.25, 0.3) is 0 Å². The largest absolute Gasteiger partial charge is 0.378 e. The van der Waals surface area contributed by atoms with Crippen molar-refractivity contribution >= 4 is 5.91 Å². The van der Waals surface area contributed by atoms with Gasteiger partial charge in [-0.25, -0.2) is 0 Å². The molecule has 21 heavy (non-hydrogen) atoms. The van der Waals surface area contributed by atoms with Crippen molar-refractivity contribution in [3.63, 3.8) is 0 Å². The fourth-order valence-corrected chi connectivity index (χ4v) is 4.21. The van der Waals surface area contributed by atoms with Gasteiger partial charge in [0.05, 0.1) is 6.10 Å². The van der Waals surface area contributed by atoms with E-state index in [0.717, 1.165) is 44.4 Å². The topological polar surface area (TPSA) is 32.8 Å². The van der Waals surface area contributed by atoms with Crippen molar-refractivity contribution in [1.82, 2.24) is 9.80 Å². The fraction of sp³-hybridized carbons (Fsp3) is 0.941. The lowest BCUT2D eigenvalue weighted by atomic mass is 9.84. The van der Waals surface area contributed by atoms with Crippen molar-refractivity contribution in [2.75, 3.05) is 39.8 Å². The van der Waals surface area contributed by atoms with Gasteiger partial charge in [-0.15, -0.1) is 0 Å². The van der Waals surface area contributed by atoms with Crippen LogP contribution >= 0.6 is 0 Å². The average molecular weight is 294 g/mol. The van der Waals surface area contributed by atoms with Crippen molar-refractivity contribution in [3.8, 4) is 0 Å². The molecule has 0 aromatic rings. The summed E-state index contributed by atoms with van der Waals surface area (Å²) in [6.45, 7) is 5.35. The number of likely N-dealkylation sites (tertiary alicyclic amines) is 2. The number of amides is 1. The van der Waals surface area contributed by atoms with Crippen molar-refractivity contribution in [1.29, 1.82) is 0 Å². The number of hydrogen-bond acceptors (Lipinski definition) is 3. The maximum absolute atomic E-state index is 12.3. The summed E-state index contributed by atoms with van der Waals surface area (Å²) in [6, 6.07) is 0. The van der Waals surface area contributed by atoms with Gasteiger partial charge in [0.2, 0.25) is 5.91 Å². The summed E-state index contributed by atoms with van der Waals surface area (Å²) >= 11 is 0. The molecule has 3 saturated heterocycles. The van der Waals surface area contributed by atoms with Crippen LogP contribution in [0.3, 0.4) is 0 Å². The Morgan fingerprint density at radius 1 is 1.10 bits per heavy atom. The molecule has 2 atom stereocenters. The highest BCUT2D eigenvalue weighted by Crippen LogP contribution is 2.32. The molecule has 3 aliphatic heterocycles. The Kier molecular flexibility index (Phi) is 5.17. The van der Waals surface area contributed by atoms with Crippen molar-refractivity contribution < 1.29 is 9.53 Å². The maximum Gasteiger partial charge on any atom is 0.222 e. The van der Waals surface area contributed by atoms with Gasteiger partial charge < -0.3 is 14.5 Å². The molecule has 0 aliphatic carbocycles. The molecule has 3 aliphatic rings. The second-order valence-electron chi connectivity index (χ2n) is 7.20. The molecule has 0 radical (unpaired) electrons. The minimum atomic E-state index is 0.348. The summed E-state index contributed by atoms with van der Waals surface area (Å²) in [5.74, 6) is 1.96. The molecule has 4 heteroatoms. The molecule has 0 unspecified atom stereocenters. The van der Waals surface area contributed by atoms with E-state index in [9.17, 15) is 4.79 Å². The average Bonchev–Trinajstić information content (AvgIpc) is 3.17. The minimum absolute atomic E-state index is 0.348. The molecule has 0 spiro atoms. The van der Waals surface area contributed by atoms with Gasteiger partial charge in [-0.2, -0.15) is 0 Å². The third kappa shape index (κ3) is 3.98. The highest BCUT2D eigenvalue weighted by molar-refractivity contribution is 5.76. The van der Waals surface area contributed by atoms with Crippen LogP contribution in [0.5, 0.6) is 0 Å². The molecule has 0 aromatic carbocycles. The van der Waals surface area contributed by atoms with Crippen molar-refractivity contribution in [2.45, 2.75) is 51.0 Å². The summed E-state index contributed by atoms with van der Waals surface area (Å²) in [6.07, 6.45) is 8.13. The molecule has 120 valence electrons. The molecule has 3 heterocycles. The third-order valence-electron chi connectivity index (χ3n) is 5.71. The SMILES string of the molecule is CN1CCC([C@H]2CCN(C(=O)CC[C@H]3CCCO3)C2)CC1. The van der Waals surface area contributed by atoms with Gasteiger partial charge in [0.15, 0.2) is 0 Å². The van der Waals surface area contributed by atoms with E-state index in [1.54, 1.807) is 0 Å². The Bertz CT molecular complexity index is 347. The number of carbonyl (C=O) groups is 1. The molecular formula is C17H30N2O2. The summed E-state index contributed by atoms with van der Waals surface area (Å²) in [4.78, 5) is 16.9. The van der Waals surface area contributed by atoms with Crippen LogP contribution in [0.2, 0.25) is 0 Å². The molecular weight excluding hydrogens is 264 g/mol. The van der Waals surface area contributed by atoms with Crippen LogP contribution in [0.25, 0.3) is 0 Å². The fourth-order valence-electron chi connectivity index (χ4n) is 4.21. The van der Waals surface area contributed by atoms with Gasteiger partial charge in [0.1, 0.15) is 0 Å². The quantitative estimate of drug-likeness (QED) is 0.796. The first-order chi connectivity index (χ1) is 10.2. The summed E-state index contributed by atoms with van der Waals surface area (Å²) in [5.41, 5.74) is 0. The smallest absolute Gasteiger partial charge is 0.222 e. The van der Waals surface area contributed by atoms with Crippen LogP contribution in [0, 0.1) is 11.8 Å². The Hall–Kier alpha value is -0.610. The van der Waals surface area contributed by atoms with Crippen LogP contribution in [-0.2, 0) is 9.53 Å². The third-order valence-corrected chi connectivity index (χ3v) is 5.71. The molecule has 0 aromatic heterocycles. The first kappa shape index (κ1) is 15.3. The highest BCUT2D eigenvalue weighted by Gasteiger charge is 2.33. The van der Waals surface area contributed by atoms with E-state index >= 15 is 0 Å². The lowest BCUT2D eigenvalue weighted by Crippen LogP contribution is -2.35. The molecule has 1 amide bonds. The normalized spacial score (nSPS) is 32.0. The second kappa shape index (κ2) is 7.10. The number of rotatable bonds is 4. The predicted octanol–water partition coefficient (Wildman–Crippen LogP) is 2.14. The molecule has 3 fully saturated rings. The molecule has 3 rings (SSSR count). The summed E-state index contributed by atoms with van der Waals surface area (Å²) in [5, 5.41) is 0. The summed E-state index contributed by atoms with van der Waals surface area (Å²) in [7, 11) is 2.21. The number of hydrogen-bond donors (Lipinski definition) is 0. The molecule has 4 nitrogen and oxygen atoms in total. The van der Waals surface area contributed by atoms with E-state index in [4.69, 9.17) is 4.74 Å². The van der Waals surface area contributed by atoms with Crippen molar-refractivity contribution in [2.24, 2.45) is 11.8 Å². The number of carbonyl (C=O) groups excluding carboxylic acids is 1. The lowest BCUT2D eigenvalue weighted by Gasteiger charge is -2.32. The van der Waals surface area contributed by atoms with Gasteiger partial charge >= 0.3 is 0 Å². The van der Waals surface area contributed by atoms with Crippen LogP contribution < -0.4 is 0 Å². The monoisotopic (exact) mass is 294 g/mol. The van der Waals surface area contributed by atoms with E-state index in [1.165, 1.54) is 38.8 Å². The summed E-state index contributed by atoms with van der Waals surface area (Å²) < 4.78 is 5.62. The van der Waals surface area contributed by atoms with Crippen LogP contribution in [-0.4, -0.2) is 61.6 Å². The number of piperidine rings is 1. The van der Waals surface area contributed by atoms with Gasteiger partial charge in [0, 0.05) is 26.1 Å². The lowest BCUT2D eigenvalue weighted by molar-refractivity contribution is -0.131. The van der Waals surface area contributed by atoms with E-state index in [1.807, 2.05) is 0 Å². The molecule has 0 bridgehead atoms. The minimum Gasteiger partial charge on any atom is -0.378 e. The maximum atomic E-state index is 12.3. The Morgan fingerprint density at radius 2 is 1.86 bits per heavy atom. The predicted molar refractivity (Wildman–Crippen MR) is 83.1 cm³/mol. The highest BCUT2D eigenvalue weighted by atomic mass is 16.5. The first-order valence-electron chi connectivity index (χ1n) is 8.80. The van der Waals surface area contributed by atoms with E-state index in [0.29, 0.717) is 18.4 Å². The Morgan fingerprint density at radius 3 is 2.57 bits per heavy atom. The van der Waals surface area contributed by atoms with Gasteiger partial charge in [-0.1, -0.05) is 0 Å². The Balaban J connectivity index is 1.40. The zero-order valence-corrected chi connectivity index (χ0v) is 13.4. The standard InChI is InChI=1S/C17H30N2O2/c1-18-9-6-14(7-10-18)15-8-11-19(13-15)17(20)5-4-16-3-2-12-21-16/h14-16H,2-13H2,1H3/t15-,16+/m0/s1. The molecule has 0 N–H and O–H groups in total. The van der Waals surface area contributed by atoms with E-state index in [2.05, 4.69) is 16.8 Å². The zero-order chi connectivity index (χ0) is 14.7. The van der Waals surface area contributed by atoms with Gasteiger partial charge in [-0.05, 0) is 70.5 Å². The van der Waals surface area contributed by atoms with Crippen molar-refractivity contribution in [3.05, 3.63) is 0 Å². The van der Waals surface area contributed by atoms with Crippen LogP contribution in [0.15, 0.2) is 0 Å². The van der Waals surface area contributed by atoms with E-state index in [-0.39, 0.29) is 0 Å². The second-order valence-corrected chi connectivity index (χ2v) is 7.20. The van der Waals surface area contributed by atoms with Crippen LogP contribution in [0.4, 0.5) is 0 Å². The van der Waals surface area contributed by atoms with Gasteiger partial charge in [-0.3, -0.25) is 4.79 Å². The van der Waals surface area contributed by atoms with E-state index < -0.39 is 0 Å².